The molecule has 0 radical (unpaired) electrons. The maximum absolute atomic E-state index is 14.6. The average molecular weight is 562 g/mol. The zero-order chi connectivity index (χ0) is 28.4. The van der Waals surface area contributed by atoms with Crippen LogP contribution in [0.15, 0.2) is 77.6 Å². The number of hydrogen-bond donors (Lipinski definition) is 3. The molecule has 0 bridgehead atoms. The Bertz CT molecular complexity index is 1860. The SMILES string of the molecule is CCCCS(=O)(=O)NCCc1c(C(c2cccc(F)c2)c2c(O)c3ccccc3n(C)c2=O)[nH]c2ccccc12. The van der Waals surface area contributed by atoms with Gasteiger partial charge < -0.3 is 14.7 Å². The lowest BCUT2D eigenvalue weighted by Gasteiger charge is -2.22. The predicted molar refractivity (Wildman–Crippen MR) is 157 cm³/mol. The Kier molecular flexibility index (Phi) is 7.78. The van der Waals surface area contributed by atoms with E-state index in [1.165, 1.54) is 16.7 Å². The molecule has 3 N–H and O–H groups in total. The fraction of sp³-hybridized carbons (Fsp3) is 0.258. The van der Waals surface area contributed by atoms with Crippen LogP contribution in [0, 0.1) is 5.82 Å². The molecule has 2 heterocycles. The Morgan fingerprint density at radius 3 is 2.50 bits per heavy atom. The number of aryl methyl sites for hydroxylation is 1. The van der Waals surface area contributed by atoms with Gasteiger partial charge in [-0.25, -0.2) is 17.5 Å². The Morgan fingerprint density at radius 1 is 1.02 bits per heavy atom. The molecule has 7 nitrogen and oxygen atoms in total. The normalized spacial score (nSPS) is 12.8. The van der Waals surface area contributed by atoms with Gasteiger partial charge >= 0.3 is 0 Å². The number of nitrogens with zero attached hydrogens (tertiary/aromatic N) is 1. The fourth-order valence-electron chi connectivity index (χ4n) is 5.40. The van der Waals surface area contributed by atoms with Crippen molar-refractivity contribution in [3.63, 3.8) is 0 Å². The zero-order valence-electron chi connectivity index (χ0n) is 22.4. The molecule has 5 rings (SSSR count). The van der Waals surface area contributed by atoms with Crippen molar-refractivity contribution in [2.45, 2.75) is 32.1 Å². The highest BCUT2D eigenvalue weighted by atomic mass is 32.2. The van der Waals surface area contributed by atoms with E-state index in [2.05, 4.69) is 9.71 Å². The van der Waals surface area contributed by atoms with Crippen molar-refractivity contribution in [3.05, 3.63) is 111 Å². The Morgan fingerprint density at radius 2 is 1.75 bits per heavy atom. The molecule has 3 aromatic carbocycles. The summed E-state index contributed by atoms with van der Waals surface area (Å²) in [6.07, 6.45) is 1.66. The molecular formula is C31H32FN3O4S. The lowest BCUT2D eigenvalue weighted by atomic mass is 9.85. The van der Waals surface area contributed by atoms with E-state index in [1.54, 1.807) is 43.4 Å². The van der Waals surface area contributed by atoms with Crippen molar-refractivity contribution in [1.82, 2.24) is 14.3 Å². The average Bonchev–Trinajstić information content (AvgIpc) is 3.30. The molecule has 208 valence electrons. The van der Waals surface area contributed by atoms with Crippen LogP contribution < -0.4 is 10.3 Å². The van der Waals surface area contributed by atoms with Gasteiger partial charge in [-0.15, -0.1) is 0 Å². The number of benzene rings is 3. The van der Waals surface area contributed by atoms with E-state index in [1.807, 2.05) is 31.2 Å². The van der Waals surface area contributed by atoms with E-state index in [9.17, 15) is 22.7 Å². The summed E-state index contributed by atoms with van der Waals surface area (Å²) in [4.78, 5) is 17.3. The third-order valence-electron chi connectivity index (χ3n) is 7.38. The van der Waals surface area contributed by atoms with Gasteiger partial charge in [-0.1, -0.05) is 55.8 Å². The van der Waals surface area contributed by atoms with Crippen LogP contribution >= 0.6 is 0 Å². The van der Waals surface area contributed by atoms with Crippen LogP contribution in [-0.4, -0.2) is 35.4 Å². The molecule has 0 saturated heterocycles. The summed E-state index contributed by atoms with van der Waals surface area (Å²) >= 11 is 0. The highest BCUT2D eigenvalue weighted by Gasteiger charge is 2.30. The number of aromatic hydroxyl groups is 1. The van der Waals surface area contributed by atoms with Gasteiger partial charge in [-0.2, -0.15) is 0 Å². The van der Waals surface area contributed by atoms with Gasteiger partial charge in [0, 0.05) is 35.6 Å². The molecule has 0 aliphatic heterocycles. The molecule has 1 unspecified atom stereocenters. The minimum atomic E-state index is -3.44. The number of aromatic amines is 1. The fourth-order valence-corrected chi connectivity index (χ4v) is 6.63. The van der Waals surface area contributed by atoms with Crippen molar-refractivity contribution in [1.29, 1.82) is 0 Å². The van der Waals surface area contributed by atoms with E-state index >= 15 is 0 Å². The van der Waals surface area contributed by atoms with Crippen LogP contribution in [0.25, 0.3) is 21.8 Å². The van der Waals surface area contributed by atoms with Gasteiger partial charge in [0.2, 0.25) is 10.0 Å². The van der Waals surface area contributed by atoms with Crippen molar-refractivity contribution >= 4 is 31.8 Å². The van der Waals surface area contributed by atoms with Crippen molar-refractivity contribution in [2.75, 3.05) is 12.3 Å². The molecule has 0 aliphatic carbocycles. The summed E-state index contributed by atoms with van der Waals surface area (Å²) in [6.45, 7) is 2.09. The van der Waals surface area contributed by atoms with Crippen molar-refractivity contribution in [3.8, 4) is 5.75 Å². The van der Waals surface area contributed by atoms with E-state index in [0.717, 1.165) is 22.9 Å². The first-order valence-corrected chi connectivity index (χ1v) is 15.0. The smallest absolute Gasteiger partial charge is 0.258 e. The third-order valence-corrected chi connectivity index (χ3v) is 8.85. The summed E-state index contributed by atoms with van der Waals surface area (Å²) in [7, 11) is -1.79. The van der Waals surface area contributed by atoms with Gasteiger partial charge in [-0.05, 0) is 54.3 Å². The number of para-hydroxylation sites is 2. The van der Waals surface area contributed by atoms with Crippen LogP contribution in [0.2, 0.25) is 0 Å². The largest absolute Gasteiger partial charge is 0.507 e. The summed E-state index contributed by atoms with van der Waals surface area (Å²) in [5.41, 5.74) is 2.95. The summed E-state index contributed by atoms with van der Waals surface area (Å²) in [5.74, 6) is -1.44. The second-order valence-electron chi connectivity index (χ2n) is 10.0. The topological polar surface area (TPSA) is 104 Å². The van der Waals surface area contributed by atoms with Gasteiger partial charge in [0.05, 0.1) is 22.8 Å². The number of fused-ring (bicyclic) bond motifs is 2. The molecule has 2 aromatic heterocycles. The minimum absolute atomic E-state index is 0.0527. The first-order valence-electron chi connectivity index (χ1n) is 13.3. The maximum atomic E-state index is 14.6. The molecule has 0 fully saturated rings. The lowest BCUT2D eigenvalue weighted by Crippen LogP contribution is -2.29. The standard InChI is InChI=1S/C31H32FN3O4S/c1-3-4-18-40(38,39)33-17-16-23-22-12-5-7-14-25(22)34-29(23)27(20-10-9-11-21(32)19-20)28-30(36)24-13-6-8-15-26(24)35(2)31(28)37/h5-15,19,27,33-34,36H,3-4,16-18H2,1-2H3. The number of halogens is 1. The zero-order valence-corrected chi connectivity index (χ0v) is 23.3. The highest BCUT2D eigenvalue weighted by Crippen LogP contribution is 2.41. The quantitative estimate of drug-likeness (QED) is 0.215. The number of unbranched alkanes of at least 4 members (excludes halogenated alkanes) is 1. The number of nitrogens with one attached hydrogen (secondary N) is 2. The van der Waals surface area contributed by atoms with Gasteiger partial charge in [0.25, 0.3) is 5.56 Å². The maximum Gasteiger partial charge on any atom is 0.258 e. The summed E-state index contributed by atoms with van der Waals surface area (Å²) in [5, 5.41) is 12.9. The van der Waals surface area contributed by atoms with Crippen LogP contribution in [0.1, 0.15) is 48.1 Å². The second kappa shape index (κ2) is 11.3. The van der Waals surface area contributed by atoms with Crippen LogP contribution in [-0.2, 0) is 23.5 Å². The summed E-state index contributed by atoms with van der Waals surface area (Å²) < 4.78 is 43.8. The van der Waals surface area contributed by atoms with Crippen LogP contribution in [0.4, 0.5) is 4.39 Å². The van der Waals surface area contributed by atoms with Crippen LogP contribution in [0.5, 0.6) is 5.75 Å². The summed E-state index contributed by atoms with van der Waals surface area (Å²) in [6, 6.07) is 20.7. The number of aromatic nitrogens is 2. The molecule has 0 aliphatic rings. The Labute approximate surface area is 232 Å². The second-order valence-corrected chi connectivity index (χ2v) is 11.9. The van der Waals surface area contributed by atoms with E-state index in [4.69, 9.17) is 0 Å². The number of sulfonamides is 1. The Hall–Kier alpha value is -3.95. The van der Waals surface area contributed by atoms with E-state index in [-0.39, 0.29) is 23.6 Å². The van der Waals surface area contributed by atoms with E-state index < -0.39 is 27.3 Å². The molecule has 0 spiro atoms. The van der Waals surface area contributed by atoms with Gasteiger partial charge in [0.1, 0.15) is 11.6 Å². The minimum Gasteiger partial charge on any atom is -0.507 e. The molecule has 5 aromatic rings. The number of pyridine rings is 1. The molecular weight excluding hydrogens is 529 g/mol. The molecule has 1 atom stereocenters. The highest BCUT2D eigenvalue weighted by molar-refractivity contribution is 7.89. The van der Waals surface area contributed by atoms with Gasteiger partial charge in [0.15, 0.2) is 0 Å². The number of H-pyrrole nitrogens is 1. The van der Waals surface area contributed by atoms with E-state index in [0.29, 0.717) is 35.0 Å². The Balaban J connectivity index is 1.72. The van der Waals surface area contributed by atoms with Gasteiger partial charge in [-0.3, -0.25) is 4.79 Å². The molecule has 0 saturated carbocycles. The number of hydrogen-bond acceptors (Lipinski definition) is 4. The lowest BCUT2D eigenvalue weighted by molar-refractivity contribution is 0.470. The molecule has 40 heavy (non-hydrogen) atoms. The third kappa shape index (κ3) is 5.26. The van der Waals surface area contributed by atoms with Crippen LogP contribution in [0.3, 0.4) is 0 Å². The first kappa shape index (κ1) is 27.6. The van der Waals surface area contributed by atoms with Crippen molar-refractivity contribution < 1.29 is 17.9 Å². The predicted octanol–water partition coefficient (Wildman–Crippen LogP) is 5.31. The molecule has 9 heteroatoms. The monoisotopic (exact) mass is 561 g/mol. The number of rotatable bonds is 10. The first-order chi connectivity index (χ1) is 19.2. The van der Waals surface area contributed by atoms with Crippen molar-refractivity contribution in [2.24, 2.45) is 7.05 Å². The molecule has 0 amide bonds.